The van der Waals surface area contributed by atoms with Gasteiger partial charge in [0.25, 0.3) is 5.91 Å². The second-order valence-electron chi connectivity index (χ2n) is 6.84. The second kappa shape index (κ2) is 7.69. The summed E-state index contributed by atoms with van der Waals surface area (Å²) >= 11 is 0. The Bertz CT molecular complexity index is 905. The maximum absolute atomic E-state index is 12.8. The number of aromatic nitrogens is 2. The molecule has 1 amide bonds. The summed E-state index contributed by atoms with van der Waals surface area (Å²) in [5, 5.41) is 3.95. The quantitative estimate of drug-likeness (QED) is 0.778. The van der Waals surface area contributed by atoms with Gasteiger partial charge in [-0.2, -0.15) is 9.40 Å². The zero-order valence-electron chi connectivity index (χ0n) is 15.9. The van der Waals surface area contributed by atoms with E-state index < -0.39 is 10.0 Å². The van der Waals surface area contributed by atoms with Gasteiger partial charge in [-0.1, -0.05) is 0 Å². The van der Waals surface area contributed by atoms with Crippen molar-refractivity contribution in [3.05, 3.63) is 42.2 Å². The molecule has 146 valence electrons. The van der Waals surface area contributed by atoms with Crippen LogP contribution >= 0.6 is 0 Å². The van der Waals surface area contributed by atoms with Gasteiger partial charge in [0, 0.05) is 64.8 Å². The number of hydrogen-bond acceptors (Lipinski definition) is 5. The average molecular weight is 391 g/mol. The molecule has 0 radical (unpaired) electrons. The molecule has 1 saturated heterocycles. The molecule has 3 rings (SSSR count). The molecule has 27 heavy (non-hydrogen) atoms. The predicted molar refractivity (Wildman–Crippen MR) is 103 cm³/mol. The van der Waals surface area contributed by atoms with Gasteiger partial charge in [-0.3, -0.25) is 9.48 Å². The molecule has 0 aliphatic carbocycles. The molecule has 1 aliphatic heterocycles. The first kappa shape index (κ1) is 19.4. The molecule has 0 atom stereocenters. The van der Waals surface area contributed by atoms with Crippen LogP contribution in [0.2, 0.25) is 0 Å². The van der Waals surface area contributed by atoms with Crippen molar-refractivity contribution in [3.63, 3.8) is 0 Å². The molecule has 0 unspecified atom stereocenters. The minimum Gasteiger partial charge on any atom is -0.378 e. The number of aryl methyl sites for hydroxylation is 1. The highest BCUT2D eigenvalue weighted by Crippen LogP contribution is 2.19. The van der Waals surface area contributed by atoms with Gasteiger partial charge < -0.3 is 9.80 Å². The largest absolute Gasteiger partial charge is 0.378 e. The van der Waals surface area contributed by atoms with Gasteiger partial charge >= 0.3 is 0 Å². The lowest BCUT2D eigenvalue weighted by Gasteiger charge is -2.22. The Morgan fingerprint density at radius 1 is 1.07 bits per heavy atom. The van der Waals surface area contributed by atoms with Crippen LogP contribution in [-0.2, 0) is 17.1 Å². The van der Waals surface area contributed by atoms with Gasteiger partial charge in [0.05, 0.1) is 6.20 Å². The monoisotopic (exact) mass is 391 g/mol. The van der Waals surface area contributed by atoms with Crippen LogP contribution < -0.4 is 4.90 Å². The number of anilines is 1. The normalized spacial score (nSPS) is 16.2. The highest BCUT2D eigenvalue weighted by molar-refractivity contribution is 7.89. The molecule has 2 heterocycles. The van der Waals surface area contributed by atoms with Crippen molar-refractivity contribution in [1.29, 1.82) is 0 Å². The zero-order chi connectivity index (χ0) is 19.6. The molecule has 8 nitrogen and oxygen atoms in total. The molecule has 1 aromatic heterocycles. The minimum absolute atomic E-state index is 0.0686. The molecule has 0 N–H and O–H groups in total. The summed E-state index contributed by atoms with van der Waals surface area (Å²) in [7, 11) is 1.99. The van der Waals surface area contributed by atoms with Crippen molar-refractivity contribution in [2.24, 2.45) is 7.05 Å². The molecule has 1 fully saturated rings. The van der Waals surface area contributed by atoms with Gasteiger partial charge in [0.15, 0.2) is 0 Å². The average Bonchev–Trinajstić information content (AvgIpc) is 2.94. The van der Waals surface area contributed by atoms with Crippen LogP contribution in [0.4, 0.5) is 5.69 Å². The fraction of sp³-hybridized carbons (Fsp3) is 0.444. The summed E-state index contributed by atoms with van der Waals surface area (Å²) in [6.07, 6.45) is 3.45. The lowest BCUT2D eigenvalue weighted by molar-refractivity contribution is 0.0764. The molecule has 0 spiro atoms. The Kier molecular flexibility index (Phi) is 5.52. The number of hydrogen-bond donors (Lipinski definition) is 0. The first-order valence-electron chi connectivity index (χ1n) is 8.84. The van der Waals surface area contributed by atoms with Crippen LogP contribution in [0.5, 0.6) is 0 Å². The van der Waals surface area contributed by atoms with Gasteiger partial charge in [-0.15, -0.1) is 0 Å². The maximum Gasteiger partial charge on any atom is 0.253 e. The SMILES string of the molecule is CN(C)c1ccc(C(=O)N2CCCN(S(=O)(=O)c3cnn(C)c3)CC2)cc1. The lowest BCUT2D eigenvalue weighted by Crippen LogP contribution is -2.37. The molecular formula is C18H25N5O3S. The molecule has 0 bridgehead atoms. The number of carbonyl (C=O) groups is 1. The summed E-state index contributed by atoms with van der Waals surface area (Å²) < 4.78 is 28.4. The van der Waals surface area contributed by atoms with Crippen molar-refractivity contribution in [3.8, 4) is 0 Å². The van der Waals surface area contributed by atoms with E-state index in [1.165, 1.54) is 21.4 Å². The third kappa shape index (κ3) is 4.14. The number of rotatable bonds is 4. The van der Waals surface area contributed by atoms with Gasteiger partial charge in [-0.25, -0.2) is 8.42 Å². The summed E-state index contributed by atoms with van der Waals surface area (Å²) in [5.74, 6) is -0.0686. The Morgan fingerprint density at radius 3 is 2.37 bits per heavy atom. The van der Waals surface area contributed by atoms with Crippen LogP contribution in [0.25, 0.3) is 0 Å². The molecule has 2 aromatic rings. The van der Waals surface area contributed by atoms with Gasteiger partial charge in [0.2, 0.25) is 10.0 Å². The number of amides is 1. The Labute approximate surface area is 160 Å². The zero-order valence-corrected chi connectivity index (χ0v) is 16.7. The van der Waals surface area contributed by atoms with Gasteiger partial charge in [-0.05, 0) is 30.7 Å². The standard InChI is InChI=1S/C18H25N5O3S/c1-20(2)16-7-5-15(6-8-16)18(24)22-9-4-10-23(12-11-22)27(25,26)17-13-19-21(3)14-17/h5-8,13-14H,4,9-12H2,1-3H3. The van der Waals surface area contributed by atoms with Crippen molar-refractivity contribution >= 4 is 21.6 Å². The summed E-state index contributed by atoms with van der Waals surface area (Å²) in [6, 6.07) is 7.44. The Balaban J connectivity index is 1.70. The molecule has 0 saturated carbocycles. The number of carbonyl (C=O) groups excluding carboxylic acids is 1. The summed E-state index contributed by atoms with van der Waals surface area (Å²) in [4.78, 5) is 16.7. The minimum atomic E-state index is -3.59. The van der Waals surface area contributed by atoms with E-state index in [1.54, 1.807) is 11.9 Å². The molecular weight excluding hydrogens is 366 g/mol. The van der Waals surface area contributed by atoms with Crippen LogP contribution in [0.15, 0.2) is 41.6 Å². The predicted octanol–water partition coefficient (Wildman–Crippen LogP) is 1.02. The summed E-state index contributed by atoms with van der Waals surface area (Å²) in [5.41, 5.74) is 1.64. The Morgan fingerprint density at radius 2 is 1.78 bits per heavy atom. The first-order chi connectivity index (χ1) is 12.8. The highest BCUT2D eigenvalue weighted by atomic mass is 32.2. The third-order valence-electron chi connectivity index (χ3n) is 4.69. The van der Waals surface area contributed by atoms with E-state index in [2.05, 4.69) is 5.10 Å². The second-order valence-corrected chi connectivity index (χ2v) is 8.78. The third-order valence-corrected chi connectivity index (χ3v) is 6.54. The van der Waals surface area contributed by atoms with Crippen molar-refractivity contribution in [1.82, 2.24) is 19.0 Å². The fourth-order valence-corrected chi connectivity index (χ4v) is 4.56. The molecule has 9 heteroatoms. The van der Waals surface area contributed by atoms with E-state index in [0.29, 0.717) is 31.6 Å². The van der Waals surface area contributed by atoms with Crippen molar-refractivity contribution in [2.75, 3.05) is 45.2 Å². The highest BCUT2D eigenvalue weighted by Gasteiger charge is 2.29. The van der Waals surface area contributed by atoms with Crippen molar-refractivity contribution in [2.45, 2.75) is 11.3 Å². The molecule has 1 aliphatic rings. The first-order valence-corrected chi connectivity index (χ1v) is 10.3. The van der Waals surface area contributed by atoms with Crippen LogP contribution in [0.3, 0.4) is 0 Å². The number of sulfonamides is 1. The smallest absolute Gasteiger partial charge is 0.253 e. The molecule has 1 aromatic carbocycles. The lowest BCUT2D eigenvalue weighted by atomic mass is 10.1. The van der Waals surface area contributed by atoms with E-state index in [4.69, 9.17) is 0 Å². The topological polar surface area (TPSA) is 78.8 Å². The van der Waals surface area contributed by atoms with E-state index in [-0.39, 0.29) is 17.3 Å². The van der Waals surface area contributed by atoms with Gasteiger partial charge in [0.1, 0.15) is 4.90 Å². The maximum atomic E-state index is 12.8. The fourth-order valence-electron chi connectivity index (χ4n) is 3.10. The number of nitrogens with zero attached hydrogens (tertiary/aromatic N) is 5. The van der Waals surface area contributed by atoms with Crippen LogP contribution in [0, 0.1) is 0 Å². The van der Waals surface area contributed by atoms with E-state index >= 15 is 0 Å². The Hall–Kier alpha value is -2.39. The van der Waals surface area contributed by atoms with E-state index in [9.17, 15) is 13.2 Å². The summed E-state index contributed by atoms with van der Waals surface area (Å²) in [6.45, 7) is 1.57. The number of benzene rings is 1. The van der Waals surface area contributed by atoms with E-state index in [1.807, 2.05) is 43.3 Å². The van der Waals surface area contributed by atoms with Crippen LogP contribution in [0.1, 0.15) is 16.8 Å². The van der Waals surface area contributed by atoms with Crippen molar-refractivity contribution < 1.29 is 13.2 Å². The van der Waals surface area contributed by atoms with Crippen LogP contribution in [-0.4, -0.2) is 73.6 Å². The van der Waals surface area contributed by atoms with E-state index in [0.717, 1.165) is 5.69 Å².